The molecule has 1 saturated heterocycles. The van der Waals surface area contributed by atoms with Gasteiger partial charge in [0.15, 0.2) is 6.10 Å². The number of thioether (sulfide) groups is 1. The second-order valence-electron chi connectivity index (χ2n) is 6.60. The zero-order valence-electron chi connectivity index (χ0n) is 16.5. The van der Waals surface area contributed by atoms with Crippen LogP contribution in [0, 0.1) is 0 Å². The topological polar surface area (TPSA) is 76.1 Å². The first-order valence-electron chi connectivity index (χ1n) is 9.25. The molecule has 1 fully saturated rings. The summed E-state index contributed by atoms with van der Waals surface area (Å²) in [5.74, 6) is 0.0340. The molecule has 2 aromatic rings. The van der Waals surface area contributed by atoms with Crippen LogP contribution in [-0.4, -0.2) is 46.0 Å². The maximum Gasteiger partial charge on any atom is 0.344 e. The Bertz CT molecular complexity index is 987. The van der Waals surface area contributed by atoms with Crippen molar-refractivity contribution >= 4 is 46.3 Å². The molecule has 0 radical (unpaired) electrons. The molecule has 1 N–H and O–H groups in total. The fourth-order valence-corrected chi connectivity index (χ4v) is 4.12. The van der Waals surface area contributed by atoms with E-state index in [9.17, 15) is 9.59 Å². The summed E-state index contributed by atoms with van der Waals surface area (Å²) in [4.78, 5) is 25.9. The van der Waals surface area contributed by atoms with Gasteiger partial charge in [-0.1, -0.05) is 48.2 Å². The summed E-state index contributed by atoms with van der Waals surface area (Å²) >= 11 is 6.65. The lowest BCUT2D eigenvalue weighted by Crippen LogP contribution is -2.30. The predicted octanol–water partition coefficient (Wildman–Crippen LogP) is 3.99. The summed E-state index contributed by atoms with van der Waals surface area (Å²) in [5, 5.41) is 8.98. The van der Waals surface area contributed by atoms with Crippen LogP contribution in [0.2, 0.25) is 0 Å². The first-order valence-corrected chi connectivity index (χ1v) is 10.5. The number of thiocarbonyl (C=S) groups is 1. The standard InChI is InChI=1S/C22H21NO5S2/c1-14(21(25)26)28-18-5-3-4-16(12-18)13-19-20(24)23(22(29)30-19)11-10-15-6-8-17(27-2)9-7-15/h3-9,12-14H,10-11H2,1-2H3,(H,25,26)/b19-13+. The van der Waals surface area contributed by atoms with Gasteiger partial charge in [0.25, 0.3) is 5.91 Å². The van der Waals surface area contributed by atoms with Crippen molar-refractivity contribution < 1.29 is 24.2 Å². The number of carbonyl (C=O) groups excluding carboxylic acids is 1. The highest BCUT2D eigenvalue weighted by atomic mass is 32.2. The van der Waals surface area contributed by atoms with E-state index in [1.165, 1.54) is 18.7 Å². The molecular formula is C22H21NO5S2. The van der Waals surface area contributed by atoms with E-state index in [0.717, 1.165) is 16.9 Å². The van der Waals surface area contributed by atoms with E-state index in [2.05, 4.69) is 0 Å². The number of methoxy groups -OCH3 is 1. The average Bonchev–Trinajstić information content (AvgIpc) is 2.99. The highest BCUT2D eigenvalue weighted by Gasteiger charge is 2.31. The Hall–Kier alpha value is -2.84. The van der Waals surface area contributed by atoms with Gasteiger partial charge in [0.2, 0.25) is 0 Å². The zero-order valence-corrected chi connectivity index (χ0v) is 18.2. The van der Waals surface area contributed by atoms with Gasteiger partial charge < -0.3 is 14.6 Å². The third kappa shape index (κ3) is 5.40. The van der Waals surface area contributed by atoms with Crippen LogP contribution < -0.4 is 9.47 Å². The third-order valence-electron chi connectivity index (χ3n) is 4.47. The van der Waals surface area contributed by atoms with Crippen molar-refractivity contribution in [2.24, 2.45) is 0 Å². The first kappa shape index (κ1) is 21.9. The zero-order chi connectivity index (χ0) is 21.7. The van der Waals surface area contributed by atoms with Crippen LogP contribution in [0.15, 0.2) is 53.4 Å². The molecule has 1 amide bonds. The van der Waals surface area contributed by atoms with Crippen LogP contribution >= 0.6 is 24.0 Å². The molecule has 30 heavy (non-hydrogen) atoms. The van der Waals surface area contributed by atoms with Gasteiger partial charge in [-0.15, -0.1) is 0 Å². The number of amides is 1. The molecule has 0 aliphatic carbocycles. The van der Waals surface area contributed by atoms with E-state index in [1.54, 1.807) is 36.3 Å². The summed E-state index contributed by atoms with van der Waals surface area (Å²) < 4.78 is 11.1. The highest BCUT2D eigenvalue weighted by Crippen LogP contribution is 2.33. The monoisotopic (exact) mass is 443 g/mol. The van der Waals surface area contributed by atoms with Crippen LogP contribution in [-0.2, 0) is 16.0 Å². The number of nitrogens with zero attached hydrogens (tertiary/aromatic N) is 1. The molecule has 6 nitrogen and oxygen atoms in total. The molecule has 1 unspecified atom stereocenters. The van der Waals surface area contributed by atoms with Crippen molar-refractivity contribution in [1.82, 2.24) is 4.90 Å². The van der Waals surface area contributed by atoms with Crippen LogP contribution in [0.1, 0.15) is 18.1 Å². The third-order valence-corrected chi connectivity index (χ3v) is 5.85. The van der Waals surface area contributed by atoms with Gasteiger partial charge in [-0.25, -0.2) is 4.79 Å². The van der Waals surface area contributed by atoms with Gasteiger partial charge in [0.05, 0.1) is 12.0 Å². The Morgan fingerprint density at radius 3 is 2.63 bits per heavy atom. The normalized spacial score (nSPS) is 16.1. The Balaban J connectivity index is 1.67. The van der Waals surface area contributed by atoms with Crippen LogP contribution in [0.25, 0.3) is 6.08 Å². The number of rotatable bonds is 8. The number of carboxylic acids is 1. The van der Waals surface area contributed by atoms with E-state index in [-0.39, 0.29) is 5.91 Å². The van der Waals surface area contributed by atoms with Crippen molar-refractivity contribution in [3.63, 3.8) is 0 Å². The van der Waals surface area contributed by atoms with Gasteiger partial charge in [0, 0.05) is 6.54 Å². The number of carboxylic acid groups (broad SMARTS) is 1. The maximum absolute atomic E-state index is 12.8. The van der Waals surface area contributed by atoms with Gasteiger partial charge in [-0.05, 0) is 54.8 Å². The summed E-state index contributed by atoms with van der Waals surface area (Å²) in [5.41, 5.74) is 1.83. The van der Waals surface area contributed by atoms with E-state index >= 15 is 0 Å². The van der Waals surface area contributed by atoms with Crippen LogP contribution in [0.5, 0.6) is 11.5 Å². The predicted molar refractivity (Wildman–Crippen MR) is 121 cm³/mol. The van der Waals surface area contributed by atoms with Gasteiger partial charge in [0.1, 0.15) is 15.8 Å². The molecule has 3 rings (SSSR count). The minimum atomic E-state index is -1.04. The lowest BCUT2D eigenvalue weighted by atomic mass is 10.1. The van der Waals surface area contributed by atoms with E-state index in [1.807, 2.05) is 30.3 Å². The Kier molecular flexibility index (Phi) is 7.12. The van der Waals surface area contributed by atoms with Gasteiger partial charge in [-0.2, -0.15) is 0 Å². The Morgan fingerprint density at radius 2 is 1.97 bits per heavy atom. The number of benzene rings is 2. The number of ether oxygens (including phenoxy) is 2. The molecule has 0 bridgehead atoms. The molecule has 1 aliphatic heterocycles. The summed E-state index contributed by atoms with van der Waals surface area (Å²) in [6.45, 7) is 1.95. The number of hydrogen-bond acceptors (Lipinski definition) is 6. The Morgan fingerprint density at radius 1 is 1.23 bits per heavy atom. The second kappa shape index (κ2) is 9.77. The average molecular weight is 444 g/mol. The smallest absolute Gasteiger partial charge is 0.344 e. The summed E-state index contributed by atoms with van der Waals surface area (Å²) in [6.07, 6.45) is 1.46. The number of aliphatic carboxylic acids is 1. The maximum atomic E-state index is 12.8. The minimum Gasteiger partial charge on any atom is -0.497 e. The first-order chi connectivity index (χ1) is 14.4. The van der Waals surface area contributed by atoms with Crippen LogP contribution in [0.3, 0.4) is 0 Å². The number of hydrogen-bond donors (Lipinski definition) is 1. The molecule has 2 aromatic carbocycles. The lowest BCUT2D eigenvalue weighted by Gasteiger charge is -2.14. The molecule has 1 aliphatic rings. The Labute approximate surface area is 184 Å². The fraction of sp³-hybridized carbons (Fsp3) is 0.227. The fourth-order valence-electron chi connectivity index (χ4n) is 2.81. The van der Waals surface area contributed by atoms with E-state index < -0.39 is 12.1 Å². The molecule has 156 valence electrons. The molecule has 0 spiro atoms. The molecule has 0 saturated carbocycles. The largest absolute Gasteiger partial charge is 0.497 e. The molecule has 1 heterocycles. The van der Waals surface area contributed by atoms with Gasteiger partial charge >= 0.3 is 5.97 Å². The van der Waals surface area contributed by atoms with Crippen molar-refractivity contribution in [2.75, 3.05) is 13.7 Å². The molecule has 1 atom stereocenters. The summed E-state index contributed by atoms with van der Waals surface area (Å²) in [6, 6.07) is 14.7. The van der Waals surface area contributed by atoms with Crippen LogP contribution in [0.4, 0.5) is 0 Å². The highest BCUT2D eigenvalue weighted by molar-refractivity contribution is 8.26. The van der Waals surface area contributed by atoms with E-state index in [4.69, 9.17) is 26.8 Å². The molecule has 8 heteroatoms. The molecular weight excluding hydrogens is 422 g/mol. The SMILES string of the molecule is COc1ccc(CCN2C(=O)/C(=C\c3cccc(OC(C)C(=O)O)c3)SC2=S)cc1. The summed E-state index contributed by atoms with van der Waals surface area (Å²) in [7, 11) is 1.62. The quantitative estimate of drug-likeness (QED) is 0.488. The molecule has 0 aromatic heterocycles. The van der Waals surface area contributed by atoms with Gasteiger partial charge in [-0.3, -0.25) is 9.69 Å². The van der Waals surface area contributed by atoms with Crippen molar-refractivity contribution in [1.29, 1.82) is 0 Å². The van der Waals surface area contributed by atoms with Crippen molar-refractivity contribution in [3.05, 3.63) is 64.6 Å². The van der Waals surface area contributed by atoms with Crippen molar-refractivity contribution in [3.8, 4) is 11.5 Å². The lowest BCUT2D eigenvalue weighted by molar-refractivity contribution is -0.144. The van der Waals surface area contributed by atoms with Crippen molar-refractivity contribution in [2.45, 2.75) is 19.4 Å². The van der Waals surface area contributed by atoms with E-state index in [0.29, 0.717) is 27.9 Å². The minimum absolute atomic E-state index is 0.135. The number of carbonyl (C=O) groups is 2. The second-order valence-corrected chi connectivity index (χ2v) is 8.28.